The van der Waals surface area contributed by atoms with Crippen molar-refractivity contribution in [2.45, 2.75) is 45.3 Å². The molecule has 1 unspecified atom stereocenters. The molecule has 2 atom stereocenters. The predicted octanol–water partition coefficient (Wildman–Crippen LogP) is 7.18. The summed E-state index contributed by atoms with van der Waals surface area (Å²) in [6, 6.07) is 13.2. The lowest BCUT2D eigenvalue weighted by molar-refractivity contribution is 0.208. The largest absolute Gasteiger partial charge is 0.475 e. The number of halogens is 3. The van der Waals surface area contributed by atoms with Crippen LogP contribution in [-0.2, 0) is 0 Å². The zero-order chi connectivity index (χ0) is 22.0. The van der Waals surface area contributed by atoms with Gasteiger partial charge in [-0.25, -0.2) is 13.8 Å². The van der Waals surface area contributed by atoms with Crippen LogP contribution >= 0.6 is 11.6 Å². The maximum absolute atomic E-state index is 14.1. The Hall–Kier alpha value is -2.79. The van der Waals surface area contributed by atoms with Crippen LogP contribution in [0.2, 0.25) is 5.02 Å². The molecule has 0 fully saturated rings. The molecular weight excluding hydrogens is 418 g/mol. The van der Waals surface area contributed by atoms with E-state index in [0.29, 0.717) is 29.5 Å². The van der Waals surface area contributed by atoms with E-state index in [1.807, 2.05) is 37.3 Å². The third kappa shape index (κ3) is 4.62. The number of benzene rings is 2. The number of aromatic nitrogens is 1. The molecule has 2 heterocycles. The van der Waals surface area contributed by atoms with E-state index in [1.54, 1.807) is 6.20 Å². The number of pyridine rings is 1. The van der Waals surface area contributed by atoms with Crippen LogP contribution in [-0.4, -0.2) is 16.8 Å². The topological polar surface area (TPSA) is 34.5 Å². The van der Waals surface area contributed by atoms with Crippen molar-refractivity contribution in [1.82, 2.24) is 4.98 Å². The van der Waals surface area contributed by atoms with E-state index >= 15 is 0 Å². The number of hydrogen-bond donors (Lipinski definition) is 0. The van der Waals surface area contributed by atoms with Gasteiger partial charge in [0.2, 0.25) is 5.88 Å². The van der Waals surface area contributed by atoms with Crippen molar-refractivity contribution in [3.8, 4) is 17.0 Å². The van der Waals surface area contributed by atoms with Crippen molar-refractivity contribution < 1.29 is 13.5 Å². The fourth-order valence-electron chi connectivity index (χ4n) is 3.67. The van der Waals surface area contributed by atoms with Crippen molar-refractivity contribution in [2.75, 3.05) is 0 Å². The quantitative estimate of drug-likeness (QED) is 0.406. The molecule has 4 rings (SSSR count). The minimum absolute atomic E-state index is 0.0384. The summed E-state index contributed by atoms with van der Waals surface area (Å²) >= 11 is 6.57. The number of nitrogens with zero attached hydrogens (tertiary/aromatic N) is 2. The monoisotopic (exact) mass is 440 g/mol. The first-order chi connectivity index (χ1) is 15.0. The SMILES string of the molecule is CCC(C)Oc1ccc(-c2ccc([C@H]3CCC(c4c(F)cccc4F)=N3)c(Cl)c2)cn1. The molecular formula is C25H23ClF2N2O. The van der Waals surface area contributed by atoms with Gasteiger partial charge in [-0.3, -0.25) is 4.99 Å². The second-order valence-electron chi connectivity index (χ2n) is 7.69. The van der Waals surface area contributed by atoms with Crippen LogP contribution in [0.15, 0.2) is 59.7 Å². The molecule has 0 N–H and O–H groups in total. The van der Waals surface area contributed by atoms with E-state index in [4.69, 9.17) is 16.3 Å². The summed E-state index contributed by atoms with van der Waals surface area (Å²) in [6.07, 6.45) is 3.94. The molecule has 1 aromatic heterocycles. The lowest BCUT2D eigenvalue weighted by Crippen LogP contribution is -2.10. The van der Waals surface area contributed by atoms with E-state index in [9.17, 15) is 8.78 Å². The van der Waals surface area contributed by atoms with E-state index in [1.165, 1.54) is 18.2 Å². The molecule has 0 radical (unpaired) electrons. The van der Waals surface area contributed by atoms with Gasteiger partial charge in [0.15, 0.2) is 0 Å². The standard InChI is InChI=1S/C25H23ClF2N2O/c1-3-15(2)31-24-12-8-17(14-29-24)16-7-9-18(19(26)13-16)22-10-11-23(30-22)25-20(27)5-4-6-21(25)28/h4-9,12-15,22H,3,10-11H2,1-2H3/t15?,22-/m1/s1. The number of aliphatic imine (C=N–C) groups is 1. The molecule has 0 bridgehead atoms. The zero-order valence-electron chi connectivity index (χ0n) is 17.4. The minimum Gasteiger partial charge on any atom is -0.475 e. The first kappa shape index (κ1) is 21.4. The highest BCUT2D eigenvalue weighted by molar-refractivity contribution is 6.31. The summed E-state index contributed by atoms with van der Waals surface area (Å²) < 4.78 is 33.9. The zero-order valence-corrected chi connectivity index (χ0v) is 18.2. The van der Waals surface area contributed by atoms with E-state index in [0.717, 1.165) is 23.1 Å². The molecule has 0 spiro atoms. The van der Waals surface area contributed by atoms with Gasteiger partial charge in [0.25, 0.3) is 0 Å². The van der Waals surface area contributed by atoms with Crippen LogP contribution in [0.5, 0.6) is 5.88 Å². The van der Waals surface area contributed by atoms with Crippen molar-refractivity contribution in [3.05, 3.63) is 82.5 Å². The minimum atomic E-state index is -0.589. The molecule has 0 saturated carbocycles. The molecule has 0 saturated heterocycles. The molecule has 6 heteroatoms. The summed E-state index contributed by atoms with van der Waals surface area (Å²) in [7, 11) is 0. The Bertz CT molecular complexity index is 1090. The Kier molecular flexibility index (Phi) is 6.33. The number of ether oxygens (including phenoxy) is 1. The van der Waals surface area contributed by atoms with E-state index < -0.39 is 11.6 Å². The van der Waals surface area contributed by atoms with Gasteiger partial charge in [-0.2, -0.15) is 0 Å². The second-order valence-corrected chi connectivity index (χ2v) is 8.09. The van der Waals surface area contributed by atoms with Crippen molar-refractivity contribution in [3.63, 3.8) is 0 Å². The van der Waals surface area contributed by atoms with Gasteiger partial charge in [0.05, 0.1) is 17.7 Å². The molecule has 31 heavy (non-hydrogen) atoms. The third-order valence-electron chi connectivity index (χ3n) is 5.54. The van der Waals surface area contributed by atoms with Gasteiger partial charge in [-0.15, -0.1) is 0 Å². The summed E-state index contributed by atoms with van der Waals surface area (Å²) in [4.78, 5) is 8.96. The van der Waals surface area contributed by atoms with Crippen molar-refractivity contribution in [2.24, 2.45) is 4.99 Å². The highest BCUT2D eigenvalue weighted by Crippen LogP contribution is 2.37. The summed E-state index contributed by atoms with van der Waals surface area (Å²) in [5.74, 6) is -0.586. The molecule has 0 amide bonds. The highest BCUT2D eigenvalue weighted by Gasteiger charge is 2.25. The second kappa shape index (κ2) is 9.15. The fourth-order valence-corrected chi connectivity index (χ4v) is 3.97. The fraction of sp³-hybridized carbons (Fsp3) is 0.280. The Morgan fingerprint density at radius 3 is 2.48 bits per heavy atom. The summed E-state index contributed by atoms with van der Waals surface area (Å²) in [5.41, 5.74) is 3.11. The van der Waals surface area contributed by atoms with Gasteiger partial charge in [-0.05, 0) is 61.6 Å². The highest BCUT2D eigenvalue weighted by atomic mass is 35.5. The van der Waals surface area contributed by atoms with Gasteiger partial charge < -0.3 is 4.74 Å². The van der Waals surface area contributed by atoms with Crippen LogP contribution in [0.3, 0.4) is 0 Å². The van der Waals surface area contributed by atoms with Crippen LogP contribution in [0.4, 0.5) is 8.78 Å². The average Bonchev–Trinajstić information content (AvgIpc) is 3.23. The summed E-state index contributed by atoms with van der Waals surface area (Å²) in [5, 5.41) is 0.571. The van der Waals surface area contributed by atoms with E-state index in [2.05, 4.69) is 16.9 Å². The predicted molar refractivity (Wildman–Crippen MR) is 120 cm³/mol. The molecule has 2 aromatic carbocycles. The Balaban J connectivity index is 1.55. The van der Waals surface area contributed by atoms with Gasteiger partial charge >= 0.3 is 0 Å². The lowest BCUT2D eigenvalue weighted by atomic mass is 9.99. The molecule has 3 aromatic rings. The van der Waals surface area contributed by atoms with Crippen molar-refractivity contribution >= 4 is 17.3 Å². The van der Waals surface area contributed by atoms with Gasteiger partial charge in [0, 0.05) is 28.6 Å². The normalized spacial score (nSPS) is 16.8. The maximum atomic E-state index is 14.1. The Labute approximate surface area is 185 Å². The molecule has 3 nitrogen and oxygen atoms in total. The Morgan fingerprint density at radius 2 is 1.84 bits per heavy atom. The van der Waals surface area contributed by atoms with E-state index in [-0.39, 0.29) is 17.7 Å². The van der Waals surface area contributed by atoms with Crippen LogP contribution in [0.1, 0.15) is 50.3 Å². The molecule has 0 aliphatic carbocycles. The smallest absolute Gasteiger partial charge is 0.213 e. The number of hydrogen-bond acceptors (Lipinski definition) is 3. The lowest BCUT2D eigenvalue weighted by Gasteiger charge is -2.13. The van der Waals surface area contributed by atoms with Crippen molar-refractivity contribution in [1.29, 1.82) is 0 Å². The third-order valence-corrected chi connectivity index (χ3v) is 5.87. The van der Waals surface area contributed by atoms with Crippen LogP contribution in [0, 0.1) is 11.6 Å². The maximum Gasteiger partial charge on any atom is 0.213 e. The first-order valence-corrected chi connectivity index (χ1v) is 10.8. The first-order valence-electron chi connectivity index (χ1n) is 10.4. The van der Waals surface area contributed by atoms with Gasteiger partial charge in [0.1, 0.15) is 11.6 Å². The van der Waals surface area contributed by atoms with Crippen LogP contribution < -0.4 is 4.74 Å². The molecule has 1 aliphatic rings. The molecule has 1 aliphatic heterocycles. The molecule has 160 valence electrons. The average molecular weight is 441 g/mol. The Morgan fingerprint density at radius 1 is 1.10 bits per heavy atom. The van der Waals surface area contributed by atoms with Crippen LogP contribution in [0.25, 0.3) is 11.1 Å². The van der Waals surface area contributed by atoms with Gasteiger partial charge in [-0.1, -0.05) is 36.7 Å². The summed E-state index contributed by atoms with van der Waals surface area (Å²) in [6.45, 7) is 4.07. The number of rotatable bonds is 6.